The molecule has 0 spiro atoms. The number of para-hydroxylation sites is 1. The van der Waals surface area contributed by atoms with Crippen molar-refractivity contribution < 1.29 is 14.3 Å². The van der Waals surface area contributed by atoms with Crippen LogP contribution in [0.25, 0.3) is 11.3 Å². The van der Waals surface area contributed by atoms with Crippen LogP contribution in [0, 0.1) is 0 Å². The second-order valence-electron chi connectivity index (χ2n) is 5.64. The quantitative estimate of drug-likeness (QED) is 0.738. The van der Waals surface area contributed by atoms with Crippen LogP contribution in [0.3, 0.4) is 0 Å². The van der Waals surface area contributed by atoms with E-state index in [0.717, 1.165) is 22.6 Å². The van der Waals surface area contributed by atoms with E-state index in [1.54, 1.807) is 20.3 Å². The number of rotatable bonds is 6. The van der Waals surface area contributed by atoms with E-state index >= 15 is 0 Å². The zero-order valence-corrected chi connectivity index (χ0v) is 14.7. The fourth-order valence-corrected chi connectivity index (χ4v) is 2.58. The Morgan fingerprint density at radius 3 is 2.42 bits per heavy atom. The van der Waals surface area contributed by atoms with Gasteiger partial charge in [-0.1, -0.05) is 30.3 Å². The second-order valence-corrected chi connectivity index (χ2v) is 5.64. The maximum Gasteiger partial charge on any atom is 0.270 e. The van der Waals surface area contributed by atoms with Crippen LogP contribution in [-0.4, -0.2) is 25.1 Å². The summed E-state index contributed by atoms with van der Waals surface area (Å²) < 4.78 is 10.5. The van der Waals surface area contributed by atoms with E-state index in [2.05, 4.69) is 10.3 Å². The average molecular weight is 348 g/mol. The van der Waals surface area contributed by atoms with Crippen LogP contribution in [0.1, 0.15) is 16.1 Å². The predicted molar refractivity (Wildman–Crippen MR) is 100 cm³/mol. The topological polar surface area (TPSA) is 60.5 Å². The molecule has 2 aromatic carbocycles. The van der Waals surface area contributed by atoms with E-state index in [0.29, 0.717) is 17.9 Å². The third-order valence-electron chi connectivity index (χ3n) is 3.98. The lowest BCUT2D eigenvalue weighted by Crippen LogP contribution is -2.23. The fourth-order valence-electron chi connectivity index (χ4n) is 2.58. The summed E-state index contributed by atoms with van der Waals surface area (Å²) in [6, 6.07) is 20.5. The van der Waals surface area contributed by atoms with E-state index in [9.17, 15) is 4.79 Å². The molecular weight excluding hydrogens is 328 g/mol. The second kappa shape index (κ2) is 8.16. The van der Waals surface area contributed by atoms with Gasteiger partial charge < -0.3 is 14.8 Å². The van der Waals surface area contributed by atoms with E-state index in [1.807, 2.05) is 60.7 Å². The molecule has 0 unspecified atom stereocenters. The van der Waals surface area contributed by atoms with Crippen LogP contribution in [0.5, 0.6) is 11.5 Å². The lowest BCUT2D eigenvalue weighted by atomic mass is 10.1. The highest BCUT2D eigenvalue weighted by Gasteiger charge is 2.11. The van der Waals surface area contributed by atoms with E-state index in [4.69, 9.17) is 9.47 Å². The largest absolute Gasteiger partial charge is 0.497 e. The molecule has 3 aromatic rings. The minimum absolute atomic E-state index is 0.224. The third kappa shape index (κ3) is 4.00. The molecule has 0 atom stereocenters. The molecule has 1 heterocycles. The first kappa shape index (κ1) is 17.5. The zero-order valence-electron chi connectivity index (χ0n) is 14.7. The molecule has 26 heavy (non-hydrogen) atoms. The number of benzene rings is 2. The molecule has 5 heteroatoms. The van der Waals surface area contributed by atoms with Gasteiger partial charge in [0.1, 0.15) is 17.2 Å². The molecule has 0 fully saturated rings. The van der Waals surface area contributed by atoms with E-state index in [-0.39, 0.29) is 5.91 Å². The van der Waals surface area contributed by atoms with Crippen LogP contribution < -0.4 is 14.8 Å². The summed E-state index contributed by atoms with van der Waals surface area (Å²) in [6.45, 7) is 0.420. The Morgan fingerprint density at radius 1 is 0.923 bits per heavy atom. The van der Waals surface area contributed by atoms with Crippen LogP contribution >= 0.6 is 0 Å². The van der Waals surface area contributed by atoms with Gasteiger partial charge in [0.2, 0.25) is 0 Å². The molecule has 132 valence electrons. The van der Waals surface area contributed by atoms with Gasteiger partial charge in [-0.05, 0) is 42.0 Å². The van der Waals surface area contributed by atoms with Crippen LogP contribution in [-0.2, 0) is 6.54 Å². The number of methoxy groups -OCH3 is 2. The SMILES string of the molecule is COc1ccc(CNC(=O)c2cccc(-c3ccccc3OC)n2)cc1. The molecule has 0 aliphatic carbocycles. The highest BCUT2D eigenvalue weighted by Crippen LogP contribution is 2.28. The Morgan fingerprint density at radius 2 is 1.69 bits per heavy atom. The van der Waals surface area contributed by atoms with Gasteiger partial charge in [-0.2, -0.15) is 0 Å². The molecule has 0 aliphatic rings. The molecule has 1 N–H and O–H groups in total. The molecule has 0 aliphatic heterocycles. The summed E-state index contributed by atoms with van der Waals surface area (Å²) in [5.74, 6) is 1.28. The van der Waals surface area contributed by atoms with Crippen molar-refractivity contribution in [1.29, 1.82) is 0 Å². The summed E-state index contributed by atoms with van der Waals surface area (Å²) in [5.41, 5.74) is 2.89. The summed E-state index contributed by atoms with van der Waals surface area (Å²) in [4.78, 5) is 16.9. The van der Waals surface area contributed by atoms with E-state index < -0.39 is 0 Å². The number of pyridine rings is 1. The molecule has 0 radical (unpaired) electrons. The van der Waals surface area contributed by atoms with Crippen molar-refractivity contribution >= 4 is 5.91 Å². The molecule has 0 saturated heterocycles. The van der Waals surface area contributed by atoms with Crippen molar-refractivity contribution in [3.8, 4) is 22.8 Å². The van der Waals surface area contributed by atoms with Gasteiger partial charge in [0.15, 0.2) is 0 Å². The Hall–Kier alpha value is -3.34. The predicted octanol–water partition coefficient (Wildman–Crippen LogP) is 3.70. The number of nitrogens with zero attached hydrogens (tertiary/aromatic N) is 1. The summed E-state index contributed by atoms with van der Waals surface area (Å²) in [7, 11) is 3.24. The van der Waals surface area contributed by atoms with Crippen LogP contribution in [0.15, 0.2) is 66.7 Å². The number of hydrogen-bond donors (Lipinski definition) is 1. The number of carbonyl (C=O) groups is 1. The molecule has 5 nitrogen and oxygen atoms in total. The average Bonchev–Trinajstić information content (AvgIpc) is 2.72. The number of carbonyl (C=O) groups excluding carboxylic acids is 1. The van der Waals surface area contributed by atoms with Crippen molar-refractivity contribution in [2.45, 2.75) is 6.54 Å². The molecule has 0 saturated carbocycles. The minimum Gasteiger partial charge on any atom is -0.497 e. The Balaban J connectivity index is 1.73. The first-order valence-corrected chi connectivity index (χ1v) is 8.23. The molecular formula is C21H20N2O3. The number of amides is 1. The smallest absolute Gasteiger partial charge is 0.270 e. The van der Waals surface area contributed by atoms with E-state index in [1.165, 1.54) is 0 Å². The van der Waals surface area contributed by atoms with Crippen molar-refractivity contribution in [3.63, 3.8) is 0 Å². The first-order valence-electron chi connectivity index (χ1n) is 8.23. The Kier molecular flexibility index (Phi) is 5.49. The number of nitrogens with one attached hydrogen (secondary N) is 1. The van der Waals surface area contributed by atoms with Gasteiger partial charge in [-0.25, -0.2) is 4.98 Å². The van der Waals surface area contributed by atoms with Crippen molar-refractivity contribution in [3.05, 3.63) is 78.0 Å². The maximum atomic E-state index is 12.4. The van der Waals surface area contributed by atoms with Gasteiger partial charge in [-0.3, -0.25) is 4.79 Å². The molecule has 1 amide bonds. The summed E-state index contributed by atoms with van der Waals surface area (Å²) >= 11 is 0. The van der Waals surface area contributed by atoms with Crippen molar-refractivity contribution in [2.75, 3.05) is 14.2 Å². The minimum atomic E-state index is -0.224. The van der Waals surface area contributed by atoms with Gasteiger partial charge >= 0.3 is 0 Å². The maximum absolute atomic E-state index is 12.4. The number of ether oxygens (including phenoxy) is 2. The number of aromatic nitrogens is 1. The Labute approximate surface area is 152 Å². The zero-order chi connectivity index (χ0) is 18.4. The van der Waals surface area contributed by atoms with Gasteiger partial charge in [0.25, 0.3) is 5.91 Å². The highest BCUT2D eigenvalue weighted by atomic mass is 16.5. The summed E-state index contributed by atoms with van der Waals surface area (Å²) in [6.07, 6.45) is 0. The molecule has 0 bridgehead atoms. The Bertz CT molecular complexity index is 892. The highest BCUT2D eigenvalue weighted by molar-refractivity contribution is 5.92. The molecule has 1 aromatic heterocycles. The summed E-state index contributed by atoms with van der Waals surface area (Å²) in [5, 5.41) is 2.89. The molecule has 3 rings (SSSR count). The third-order valence-corrected chi connectivity index (χ3v) is 3.98. The lowest BCUT2D eigenvalue weighted by molar-refractivity contribution is 0.0946. The van der Waals surface area contributed by atoms with Crippen molar-refractivity contribution in [2.24, 2.45) is 0 Å². The first-order chi connectivity index (χ1) is 12.7. The normalized spacial score (nSPS) is 10.2. The fraction of sp³-hybridized carbons (Fsp3) is 0.143. The van der Waals surface area contributed by atoms with Crippen LogP contribution in [0.4, 0.5) is 0 Å². The standard InChI is InChI=1S/C21H20N2O3/c1-25-16-12-10-15(11-13-16)14-22-21(24)19-8-5-7-18(23-19)17-6-3-4-9-20(17)26-2/h3-13H,14H2,1-2H3,(H,22,24). The monoisotopic (exact) mass is 348 g/mol. The van der Waals surface area contributed by atoms with Gasteiger partial charge in [0, 0.05) is 12.1 Å². The van der Waals surface area contributed by atoms with Gasteiger partial charge in [-0.15, -0.1) is 0 Å². The number of hydrogen-bond acceptors (Lipinski definition) is 4. The lowest BCUT2D eigenvalue weighted by Gasteiger charge is -2.09. The van der Waals surface area contributed by atoms with Gasteiger partial charge in [0.05, 0.1) is 19.9 Å². The van der Waals surface area contributed by atoms with Crippen molar-refractivity contribution in [1.82, 2.24) is 10.3 Å². The van der Waals surface area contributed by atoms with Crippen LogP contribution in [0.2, 0.25) is 0 Å².